The highest BCUT2D eigenvalue weighted by atomic mass is 32.2. The zero-order chi connectivity index (χ0) is 15.8. The van der Waals surface area contributed by atoms with E-state index in [0.29, 0.717) is 0 Å². The molecule has 0 saturated carbocycles. The van der Waals surface area contributed by atoms with E-state index in [9.17, 15) is 4.79 Å². The lowest BCUT2D eigenvalue weighted by atomic mass is 9.88. The molecule has 0 bridgehead atoms. The summed E-state index contributed by atoms with van der Waals surface area (Å²) in [6, 6.07) is 6.38. The number of aliphatic carboxylic acids is 1. The first kappa shape index (κ1) is 15.9. The molecule has 1 atom stereocenters. The molecule has 0 aliphatic carbocycles. The molecule has 1 N–H and O–H groups in total. The Morgan fingerprint density at radius 3 is 2.67 bits per heavy atom. The molecule has 5 heteroatoms. The standard InChI is InChI=1S/C16H22N2O2S/c1-10-6-7-12-13(8-10)18(11(2)16(3,4)5)15(17-12)21-9-14(19)20/h6-8,11H,9H2,1-5H3,(H,19,20). The van der Waals surface area contributed by atoms with Crippen LogP contribution in [0, 0.1) is 12.3 Å². The quantitative estimate of drug-likeness (QED) is 0.863. The Morgan fingerprint density at radius 1 is 1.43 bits per heavy atom. The lowest BCUT2D eigenvalue weighted by Gasteiger charge is -2.30. The number of hydrogen-bond acceptors (Lipinski definition) is 3. The van der Waals surface area contributed by atoms with E-state index in [1.54, 1.807) is 0 Å². The van der Waals surface area contributed by atoms with Crippen molar-refractivity contribution in [2.45, 2.75) is 45.8 Å². The number of aryl methyl sites for hydroxylation is 1. The third-order valence-electron chi connectivity index (χ3n) is 3.78. The van der Waals surface area contributed by atoms with Gasteiger partial charge in [-0.2, -0.15) is 0 Å². The fraction of sp³-hybridized carbons (Fsp3) is 0.500. The van der Waals surface area contributed by atoms with E-state index < -0.39 is 5.97 Å². The number of aromatic nitrogens is 2. The van der Waals surface area contributed by atoms with Gasteiger partial charge in [0, 0.05) is 6.04 Å². The van der Waals surface area contributed by atoms with Crippen LogP contribution < -0.4 is 0 Å². The van der Waals surface area contributed by atoms with Gasteiger partial charge < -0.3 is 9.67 Å². The minimum atomic E-state index is -0.821. The van der Waals surface area contributed by atoms with Crippen molar-refractivity contribution in [2.24, 2.45) is 5.41 Å². The van der Waals surface area contributed by atoms with Gasteiger partial charge in [0.1, 0.15) is 0 Å². The van der Waals surface area contributed by atoms with Crippen molar-refractivity contribution in [1.82, 2.24) is 9.55 Å². The Morgan fingerprint density at radius 2 is 2.10 bits per heavy atom. The highest BCUT2D eigenvalue weighted by Gasteiger charge is 2.26. The zero-order valence-corrected chi connectivity index (χ0v) is 14.0. The van der Waals surface area contributed by atoms with Crippen molar-refractivity contribution in [1.29, 1.82) is 0 Å². The minimum Gasteiger partial charge on any atom is -0.481 e. The number of hydrogen-bond donors (Lipinski definition) is 1. The number of fused-ring (bicyclic) bond motifs is 1. The van der Waals surface area contributed by atoms with Crippen LogP contribution in [0.5, 0.6) is 0 Å². The Bertz CT molecular complexity index is 671. The normalized spacial score (nSPS) is 13.6. The van der Waals surface area contributed by atoms with Gasteiger partial charge in [-0.05, 0) is 37.0 Å². The van der Waals surface area contributed by atoms with Gasteiger partial charge in [-0.3, -0.25) is 4.79 Å². The van der Waals surface area contributed by atoms with Crippen molar-refractivity contribution in [2.75, 3.05) is 5.75 Å². The minimum absolute atomic E-state index is 0.0270. The van der Waals surface area contributed by atoms with E-state index >= 15 is 0 Å². The highest BCUT2D eigenvalue weighted by Crippen LogP contribution is 2.36. The first-order valence-corrected chi connectivity index (χ1v) is 8.02. The molecule has 1 aromatic carbocycles. The van der Waals surface area contributed by atoms with E-state index in [-0.39, 0.29) is 17.2 Å². The van der Waals surface area contributed by atoms with Gasteiger partial charge in [-0.25, -0.2) is 4.98 Å². The van der Waals surface area contributed by atoms with Crippen LogP contribution in [-0.2, 0) is 4.79 Å². The van der Waals surface area contributed by atoms with Gasteiger partial charge in [0.2, 0.25) is 0 Å². The predicted octanol–water partition coefficient (Wildman–Crippen LogP) is 4.13. The largest absolute Gasteiger partial charge is 0.481 e. The van der Waals surface area contributed by atoms with E-state index in [1.807, 2.05) is 12.1 Å². The van der Waals surface area contributed by atoms with E-state index in [0.717, 1.165) is 16.2 Å². The van der Waals surface area contributed by atoms with Crippen LogP contribution in [0.15, 0.2) is 23.4 Å². The molecule has 21 heavy (non-hydrogen) atoms. The van der Waals surface area contributed by atoms with Crippen LogP contribution in [0.3, 0.4) is 0 Å². The average molecular weight is 306 g/mol. The Balaban J connectivity index is 2.58. The molecule has 0 aliphatic rings. The molecule has 0 fully saturated rings. The van der Waals surface area contributed by atoms with Crippen molar-refractivity contribution in [3.8, 4) is 0 Å². The van der Waals surface area contributed by atoms with Crippen molar-refractivity contribution >= 4 is 28.8 Å². The summed E-state index contributed by atoms with van der Waals surface area (Å²) in [5, 5.41) is 9.70. The summed E-state index contributed by atoms with van der Waals surface area (Å²) in [6.45, 7) is 10.8. The number of carbonyl (C=O) groups is 1. The molecule has 1 aromatic heterocycles. The fourth-order valence-corrected chi connectivity index (χ4v) is 2.98. The van der Waals surface area contributed by atoms with Crippen LogP contribution >= 0.6 is 11.8 Å². The Labute approximate surface area is 129 Å². The summed E-state index contributed by atoms with van der Waals surface area (Å²) >= 11 is 1.28. The van der Waals surface area contributed by atoms with E-state index in [4.69, 9.17) is 5.11 Å². The Kier molecular flexibility index (Phi) is 4.33. The third kappa shape index (κ3) is 3.40. The molecular formula is C16H22N2O2S. The molecule has 1 heterocycles. The average Bonchev–Trinajstić information content (AvgIpc) is 2.71. The SMILES string of the molecule is Cc1ccc2nc(SCC(=O)O)n(C(C)C(C)(C)C)c2c1. The summed E-state index contributed by atoms with van der Waals surface area (Å²) in [4.78, 5) is 15.5. The number of thioether (sulfide) groups is 1. The number of imidazole rings is 1. The second-order valence-corrected chi connectivity index (χ2v) is 7.42. The summed E-state index contributed by atoms with van der Waals surface area (Å²) in [7, 11) is 0. The number of rotatable bonds is 4. The lowest BCUT2D eigenvalue weighted by molar-refractivity contribution is -0.133. The van der Waals surface area contributed by atoms with Crippen LogP contribution in [0.25, 0.3) is 11.0 Å². The van der Waals surface area contributed by atoms with Gasteiger partial charge >= 0.3 is 5.97 Å². The maximum Gasteiger partial charge on any atom is 0.313 e. The molecule has 0 amide bonds. The zero-order valence-electron chi connectivity index (χ0n) is 13.2. The van der Waals surface area contributed by atoms with E-state index in [1.165, 1.54) is 17.3 Å². The molecule has 0 spiro atoms. The molecule has 0 radical (unpaired) electrons. The molecule has 0 saturated heterocycles. The molecule has 2 aromatic rings. The first-order valence-electron chi connectivity index (χ1n) is 7.03. The summed E-state index contributed by atoms with van der Waals surface area (Å²) in [5.74, 6) is -0.794. The highest BCUT2D eigenvalue weighted by molar-refractivity contribution is 7.99. The molecule has 1 unspecified atom stereocenters. The fourth-order valence-electron chi connectivity index (χ4n) is 2.17. The van der Waals surface area contributed by atoms with Crippen molar-refractivity contribution < 1.29 is 9.90 Å². The van der Waals surface area contributed by atoms with Crippen LogP contribution in [-0.4, -0.2) is 26.4 Å². The van der Waals surface area contributed by atoms with Gasteiger partial charge in [0.15, 0.2) is 5.16 Å². The maximum atomic E-state index is 10.9. The van der Waals surface area contributed by atoms with Crippen LogP contribution in [0.1, 0.15) is 39.3 Å². The first-order chi connectivity index (χ1) is 9.70. The smallest absolute Gasteiger partial charge is 0.313 e. The van der Waals surface area contributed by atoms with Crippen molar-refractivity contribution in [3.05, 3.63) is 23.8 Å². The molecular weight excluding hydrogens is 284 g/mol. The number of carboxylic acids is 1. The van der Waals surface area contributed by atoms with Crippen LogP contribution in [0.2, 0.25) is 0 Å². The van der Waals surface area contributed by atoms with Crippen LogP contribution in [0.4, 0.5) is 0 Å². The third-order valence-corrected chi connectivity index (χ3v) is 4.72. The van der Waals surface area contributed by atoms with E-state index in [2.05, 4.69) is 50.2 Å². The molecule has 2 rings (SSSR count). The topological polar surface area (TPSA) is 55.1 Å². The van der Waals surface area contributed by atoms with Gasteiger partial charge in [-0.15, -0.1) is 0 Å². The maximum absolute atomic E-state index is 10.9. The monoisotopic (exact) mass is 306 g/mol. The molecule has 114 valence electrons. The van der Waals surface area contributed by atoms with Gasteiger partial charge in [0.25, 0.3) is 0 Å². The van der Waals surface area contributed by atoms with Gasteiger partial charge in [-0.1, -0.05) is 38.6 Å². The summed E-state index contributed by atoms with van der Waals surface area (Å²) in [6.07, 6.45) is 0. The predicted molar refractivity (Wildman–Crippen MR) is 87.0 cm³/mol. The lowest BCUT2D eigenvalue weighted by Crippen LogP contribution is -2.22. The number of benzene rings is 1. The molecule has 4 nitrogen and oxygen atoms in total. The number of nitrogens with zero attached hydrogens (tertiary/aromatic N) is 2. The second-order valence-electron chi connectivity index (χ2n) is 6.48. The summed E-state index contributed by atoms with van der Waals surface area (Å²) < 4.78 is 2.18. The van der Waals surface area contributed by atoms with Gasteiger partial charge in [0.05, 0.1) is 16.8 Å². The Hall–Kier alpha value is -1.49. The second kappa shape index (κ2) is 5.72. The number of carboxylic acid groups (broad SMARTS) is 1. The summed E-state index contributed by atoms with van der Waals surface area (Å²) in [5.41, 5.74) is 3.24. The van der Waals surface area contributed by atoms with Crippen molar-refractivity contribution in [3.63, 3.8) is 0 Å². The molecule has 0 aliphatic heterocycles.